The lowest BCUT2D eigenvalue weighted by molar-refractivity contribution is 0.101. The first-order valence-electron chi connectivity index (χ1n) is 8.01. The van der Waals surface area contributed by atoms with E-state index in [9.17, 15) is 14.4 Å². The lowest BCUT2D eigenvalue weighted by Crippen LogP contribution is -2.15. The molecule has 1 heterocycles. The van der Waals surface area contributed by atoms with Crippen LogP contribution in [0, 0.1) is 0 Å². The van der Waals surface area contributed by atoms with Gasteiger partial charge in [0.15, 0.2) is 5.78 Å². The van der Waals surface area contributed by atoms with E-state index in [-0.39, 0.29) is 11.7 Å². The first-order valence-corrected chi connectivity index (χ1v) is 9.27. The van der Waals surface area contributed by atoms with Crippen LogP contribution in [0.2, 0.25) is 5.02 Å². The van der Waals surface area contributed by atoms with Crippen LogP contribution < -0.4 is 10.6 Å². The topological polar surface area (TPSA) is 75.3 Å². The normalized spacial score (nSPS) is 10.3. The van der Waals surface area contributed by atoms with Crippen LogP contribution in [-0.4, -0.2) is 17.6 Å². The zero-order chi connectivity index (χ0) is 19.4. The van der Waals surface area contributed by atoms with Gasteiger partial charge < -0.3 is 10.6 Å². The van der Waals surface area contributed by atoms with Gasteiger partial charge in [0.05, 0.1) is 21.3 Å². The van der Waals surface area contributed by atoms with Crippen molar-refractivity contribution in [3.05, 3.63) is 81.0 Å². The van der Waals surface area contributed by atoms with Crippen molar-refractivity contribution in [3.63, 3.8) is 0 Å². The molecule has 0 aliphatic heterocycles. The van der Waals surface area contributed by atoms with E-state index in [1.165, 1.54) is 30.4 Å². The smallest absolute Gasteiger partial charge is 0.265 e. The third-order valence-electron chi connectivity index (χ3n) is 3.78. The van der Waals surface area contributed by atoms with Crippen molar-refractivity contribution in [2.45, 2.75) is 6.92 Å². The van der Waals surface area contributed by atoms with Crippen LogP contribution in [0.1, 0.15) is 37.3 Å². The number of thiophene rings is 1. The van der Waals surface area contributed by atoms with Crippen molar-refractivity contribution in [2.75, 3.05) is 10.6 Å². The minimum absolute atomic E-state index is 0.147. The molecule has 136 valence electrons. The first kappa shape index (κ1) is 18.8. The van der Waals surface area contributed by atoms with E-state index in [2.05, 4.69) is 10.6 Å². The quantitative estimate of drug-likeness (QED) is 0.586. The zero-order valence-electron chi connectivity index (χ0n) is 14.3. The Bertz CT molecular complexity index is 1020. The lowest BCUT2D eigenvalue weighted by atomic mass is 10.1. The molecular weight excluding hydrogens is 384 g/mol. The molecule has 0 atom stereocenters. The highest BCUT2D eigenvalue weighted by Crippen LogP contribution is 2.25. The van der Waals surface area contributed by atoms with Gasteiger partial charge in [0.2, 0.25) is 0 Å². The number of carbonyl (C=O) groups is 3. The highest BCUT2D eigenvalue weighted by molar-refractivity contribution is 7.12. The van der Waals surface area contributed by atoms with Crippen LogP contribution in [0.15, 0.2) is 60.0 Å². The predicted octanol–water partition coefficient (Wildman–Crippen LogP) is 5.11. The molecule has 5 nitrogen and oxygen atoms in total. The Morgan fingerprint density at radius 3 is 2.33 bits per heavy atom. The minimum Gasteiger partial charge on any atom is -0.321 e. The third kappa shape index (κ3) is 4.42. The fraction of sp³-hybridized carbons (Fsp3) is 0.0500. The molecule has 3 aromatic rings. The van der Waals surface area contributed by atoms with Gasteiger partial charge >= 0.3 is 0 Å². The summed E-state index contributed by atoms with van der Waals surface area (Å²) in [7, 11) is 0. The monoisotopic (exact) mass is 398 g/mol. The van der Waals surface area contributed by atoms with Gasteiger partial charge in [-0.25, -0.2) is 0 Å². The number of halogens is 1. The minimum atomic E-state index is -0.410. The molecule has 2 aromatic carbocycles. The number of rotatable bonds is 5. The van der Waals surface area contributed by atoms with Crippen molar-refractivity contribution in [1.82, 2.24) is 0 Å². The molecule has 0 fully saturated rings. The number of carbonyl (C=O) groups excluding carboxylic acids is 3. The molecule has 7 heteroatoms. The van der Waals surface area contributed by atoms with Crippen LogP contribution in [0.5, 0.6) is 0 Å². The van der Waals surface area contributed by atoms with E-state index in [0.717, 1.165) is 0 Å². The number of amides is 2. The van der Waals surface area contributed by atoms with Gasteiger partial charge in [-0.05, 0) is 48.7 Å². The molecule has 2 amide bonds. The number of hydrogen-bond donors (Lipinski definition) is 2. The molecule has 3 rings (SSSR count). The van der Waals surface area contributed by atoms with Gasteiger partial charge in [0.25, 0.3) is 11.8 Å². The number of para-hydroxylation sites is 1. The molecule has 2 N–H and O–H groups in total. The molecule has 0 unspecified atom stereocenters. The summed E-state index contributed by atoms with van der Waals surface area (Å²) >= 11 is 7.45. The fourth-order valence-electron chi connectivity index (χ4n) is 2.45. The Hall–Kier alpha value is -2.96. The molecule has 27 heavy (non-hydrogen) atoms. The molecule has 0 aliphatic rings. The Labute approximate surface area is 165 Å². The average Bonchev–Trinajstić information content (AvgIpc) is 3.18. The second kappa shape index (κ2) is 8.16. The molecule has 0 saturated heterocycles. The molecule has 0 saturated carbocycles. The second-order valence-electron chi connectivity index (χ2n) is 5.68. The summed E-state index contributed by atoms with van der Waals surface area (Å²) in [6.45, 7) is 1.44. The number of hydrogen-bond acceptors (Lipinski definition) is 4. The predicted molar refractivity (Wildman–Crippen MR) is 108 cm³/mol. The number of anilines is 2. The maximum Gasteiger partial charge on any atom is 0.265 e. The first-order chi connectivity index (χ1) is 13.0. The van der Waals surface area contributed by atoms with Crippen LogP contribution in [-0.2, 0) is 0 Å². The number of nitrogens with one attached hydrogen (secondary N) is 2. The summed E-state index contributed by atoms with van der Waals surface area (Å²) in [5.41, 5.74) is 1.49. The van der Waals surface area contributed by atoms with Crippen LogP contribution in [0.4, 0.5) is 11.4 Å². The second-order valence-corrected chi connectivity index (χ2v) is 7.04. The Morgan fingerprint density at radius 1 is 0.889 bits per heavy atom. The van der Waals surface area contributed by atoms with Gasteiger partial charge in [-0.1, -0.05) is 29.8 Å². The third-order valence-corrected chi connectivity index (χ3v) is 4.97. The molecule has 0 radical (unpaired) electrons. The van der Waals surface area contributed by atoms with Gasteiger partial charge in [0, 0.05) is 11.1 Å². The number of ketones is 1. The van der Waals surface area contributed by atoms with Gasteiger partial charge in [-0.3, -0.25) is 14.4 Å². The van der Waals surface area contributed by atoms with Gasteiger partial charge in [0.1, 0.15) is 0 Å². The van der Waals surface area contributed by atoms with Crippen molar-refractivity contribution >= 4 is 51.9 Å². The molecule has 0 aliphatic carbocycles. The van der Waals surface area contributed by atoms with E-state index >= 15 is 0 Å². The lowest BCUT2D eigenvalue weighted by Gasteiger charge is -2.11. The van der Waals surface area contributed by atoms with Crippen molar-refractivity contribution < 1.29 is 14.4 Å². The summed E-state index contributed by atoms with van der Waals surface area (Å²) in [6.07, 6.45) is 0. The largest absolute Gasteiger partial charge is 0.321 e. The molecule has 0 spiro atoms. The highest BCUT2D eigenvalue weighted by atomic mass is 35.5. The summed E-state index contributed by atoms with van der Waals surface area (Å²) in [5, 5.41) is 7.55. The van der Waals surface area contributed by atoms with Gasteiger partial charge in [-0.15, -0.1) is 11.3 Å². The van der Waals surface area contributed by atoms with Crippen molar-refractivity contribution in [3.8, 4) is 0 Å². The number of Topliss-reactive ketones (excluding diaryl/α,β-unsaturated/α-hetero) is 1. The summed E-state index contributed by atoms with van der Waals surface area (Å²) < 4.78 is 0. The van der Waals surface area contributed by atoms with Crippen LogP contribution >= 0.6 is 22.9 Å². The Balaban J connectivity index is 1.82. The molecule has 0 bridgehead atoms. The van der Waals surface area contributed by atoms with E-state index in [4.69, 9.17) is 11.6 Å². The summed E-state index contributed by atoms with van der Waals surface area (Å²) in [4.78, 5) is 37.1. The highest BCUT2D eigenvalue weighted by Gasteiger charge is 2.15. The standard InChI is InChI=1S/C20H15ClN2O3S/c1-12(24)14-5-2-3-6-16(14)22-19(25)13-8-9-15(21)17(11-13)23-20(26)18-7-4-10-27-18/h2-11H,1H3,(H,22,25)(H,23,26). The SMILES string of the molecule is CC(=O)c1ccccc1NC(=O)c1ccc(Cl)c(NC(=O)c2cccs2)c1. The van der Waals surface area contributed by atoms with E-state index in [1.807, 2.05) is 0 Å². The van der Waals surface area contributed by atoms with Crippen LogP contribution in [0.25, 0.3) is 0 Å². The molecule has 1 aromatic heterocycles. The Kier molecular flexibility index (Phi) is 5.69. The summed E-state index contributed by atoms with van der Waals surface area (Å²) in [6, 6.07) is 14.8. The van der Waals surface area contributed by atoms with Crippen molar-refractivity contribution in [1.29, 1.82) is 0 Å². The van der Waals surface area contributed by atoms with Crippen molar-refractivity contribution in [2.24, 2.45) is 0 Å². The zero-order valence-corrected chi connectivity index (χ0v) is 15.9. The number of benzene rings is 2. The van der Waals surface area contributed by atoms with E-state index in [1.54, 1.807) is 47.8 Å². The van der Waals surface area contributed by atoms with Gasteiger partial charge in [-0.2, -0.15) is 0 Å². The average molecular weight is 399 g/mol. The van der Waals surface area contributed by atoms with Crippen LogP contribution in [0.3, 0.4) is 0 Å². The maximum atomic E-state index is 12.6. The van der Waals surface area contributed by atoms with E-state index in [0.29, 0.717) is 32.4 Å². The Morgan fingerprint density at radius 2 is 1.63 bits per heavy atom. The summed E-state index contributed by atoms with van der Waals surface area (Å²) in [5.74, 6) is -0.857. The maximum absolute atomic E-state index is 12.6. The van der Waals surface area contributed by atoms with E-state index < -0.39 is 5.91 Å². The fourth-order valence-corrected chi connectivity index (χ4v) is 3.23. The molecular formula is C20H15ClN2O3S.